The molecule has 0 bridgehead atoms. The van der Waals surface area contributed by atoms with Gasteiger partial charge in [-0.15, -0.1) is 0 Å². The van der Waals surface area contributed by atoms with Crippen LogP contribution >= 0.6 is 0 Å². The van der Waals surface area contributed by atoms with Crippen molar-refractivity contribution in [3.05, 3.63) is 76.4 Å². The highest BCUT2D eigenvalue weighted by atomic mass is 16.5. The van der Waals surface area contributed by atoms with Crippen LogP contribution in [0.25, 0.3) is 6.08 Å². The first-order valence-corrected chi connectivity index (χ1v) is 7.93. The number of hydrogen-bond donors (Lipinski definition) is 0. The van der Waals surface area contributed by atoms with E-state index >= 15 is 0 Å². The number of hydrogen-bond acceptors (Lipinski definition) is 4. The summed E-state index contributed by atoms with van der Waals surface area (Å²) in [6.07, 6.45) is 3.09. The van der Waals surface area contributed by atoms with Gasteiger partial charge in [0, 0.05) is 5.70 Å². The molecule has 5 heteroatoms. The van der Waals surface area contributed by atoms with E-state index in [0.29, 0.717) is 18.0 Å². The first kappa shape index (κ1) is 16.8. The van der Waals surface area contributed by atoms with E-state index in [0.717, 1.165) is 11.1 Å². The summed E-state index contributed by atoms with van der Waals surface area (Å²) in [6.45, 7) is 4.15. The standard InChI is InChI=1S/C20H19NO4/c1-13-6-8-15(9-7-13)12-21-14(2)18(20(23)24-3)17(19(21)22)11-16-5-4-10-25-16/h4-11H,12H2,1-3H3. The van der Waals surface area contributed by atoms with Crippen molar-refractivity contribution in [1.82, 2.24) is 4.90 Å². The number of rotatable bonds is 4. The lowest BCUT2D eigenvalue weighted by Crippen LogP contribution is -2.24. The summed E-state index contributed by atoms with van der Waals surface area (Å²) >= 11 is 0. The highest BCUT2D eigenvalue weighted by molar-refractivity contribution is 6.16. The normalized spacial score (nSPS) is 16.0. The molecule has 0 saturated carbocycles. The average molecular weight is 337 g/mol. The zero-order valence-corrected chi connectivity index (χ0v) is 14.4. The predicted molar refractivity (Wildman–Crippen MR) is 93.1 cm³/mol. The van der Waals surface area contributed by atoms with Crippen LogP contribution in [0.1, 0.15) is 23.8 Å². The molecule has 1 aromatic heterocycles. The van der Waals surface area contributed by atoms with Gasteiger partial charge in [-0.25, -0.2) is 4.79 Å². The van der Waals surface area contributed by atoms with Crippen LogP contribution < -0.4 is 0 Å². The highest BCUT2D eigenvalue weighted by Crippen LogP contribution is 2.32. The third-order valence-electron chi connectivity index (χ3n) is 4.19. The third kappa shape index (κ3) is 3.26. The number of benzene rings is 1. The van der Waals surface area contributed by atoms with E-state index < -0.39 is 5.97 Å². The second kappa shape index (κ2) is 6.81. The molecule has 2 aromatic rings. The summed E-state index contributed by atoms with van der Waals surface area (Å²) in [7, 11) is 1.31. The molecule has 2 heterocycles. The van der Waals surface area contributed by atoms with Gasteiger partial charge < -0.3 is 14.1 Å². The topological polar surface area (TPSA) is 59.8 Å². The largest absolute Gasteiger partial charge is 0.465 e. The smallest absolute Gasteiger partial charge is 0.340 e. The SMILES string of the molecule is COC(=O)C1=C(C)N(Cc2ccc(C)cc2)C(=O)C1=Cc1ccco1. The van der Waals surface area contributed by atoms with Crippen LogP contribution in [0.3, 0.4) is 0 Å². The number of aryl methyl sites for hydroxylation is 1. The quantitative estimate of drug-likeness (QED) is 0.633. The molecule has 0 unspecified atom stereocenters. The summed E-state index contributed by atoms with van der Waals surface area (Å²) in [4.78, 5) is 26.7. The van der Waals surface area contributed by atoms with E-state index in [9.17, 15) is 9.59 Å². The van der Waals surface area contributed by atoms with Crippen LogP contribution in [0.15, 0.2) is 63.9 Å². The summed E-state index contributed by atoms with van der Waals surface area (Å²) in [5.74, 6) is -0.264. The van der Waals surface area contributed by atoms with E-state index in [-0.39, 0.29) is 17.1 Å². The van der Waals surface area contributed by atoms with Gasteiger partial charge in [0.2, 0.25) is 0 Å². The number of carbonyl (C=O) groups is 2. The second-order valence-electron chi connectivity index (χ2n) is 5.90. The third-order valence-corrected chi connectivity index (χ3v) is 4.19. The minimum absolute atomic E-state index is 0.241. The molecule has 0 aliphatic carbocycles. The van der Waals surface area contributed by atoms with Crippen molar-refractivity contribution in [2.24, 2.45) is 0 Å². The minimum Gasteiger partial charge on any atom is -0.465 e. The van der Waals surface area contributed by atoms with Crippen molar-refractivity contribution in [3.63, 3.8) is 0 Å². The van der Waals surface area contributed by atoms with Crippen LogP contribution in [0, 0.1) is 6.92 Å². The Kier molecular flexibility index (Phi) is 4.57. The van der Waals surface area contributed by atoms with Gasteiger partial charge in [-0.1, -0.05) is 29.8 Å². The molecular formula is C20H19NO4. The van der Waals surface area contributed by atoms with E-state index in [1.807, 2.05) is 31.2 Å². The predicted octanol–water partition coefficient (Wildman–Crippen LogP) is 3.46. The Hall–Kier alpha value is -3.08. The molecule has 1 aliphatic heterocycles. The molecule has 0 spiro atoms. The van der Waals surface area contributed by atoms with E-state index in [1.54, 1.807) is 30.0 Å². The van der Waals surface area contributed by atoms with Crippen LogP contribution in [-0.2, 0) is 20.9 Å². The Morgan fingerprint density at radius 2 is 1.92 bits per heavy atom. The Bertz CT molecular complexity index is 858. The van der Waals surface area contributed by atoms with Crippen molar-refractivity contribution in [2.75, 3.05) is 7.11 Å². The van der Waals surface area contributed by atoms with Gasteiger partial charge in [-0.2, -0.15) is 0 Å². The molecule has 1 aliphatic rings. The molecular weight excluding hydrogens is 318 g/mol. The van der Waals surface area contributed by atoms with Crippen molar-refractivity contribution in [1.29, 1.82) is 0 Å². The summed E-state index contributed by atoms with van der Waals surface area (Å²) in [5, 5.41) is 0. The summed E-state index contributed by atoms with van der Waals surface area (Å²) in [6, 6.07) is 11.4. The molecule has 3 rings (SSSR count). The fraction of sp³-hybridized carbons (Fsp3) is 0.200. The van der Waals surface area contributed by atoms with Crippen molar-refractivity contribution < 1.29 is 18.7 Å². The summed E-state index contributed by atoms with van der Waals surface area (Å²) in [5.41, 5.74) is 3.27. The average Bonchev–Trinajstić information content (AvgIpc) is 3.19. The van der Waals surface area contributed by atoms with Crippen LogP contribution in [0.5, 0.6) is 0 Å². The van der Waals surface area contributed by atoms with Gasteiger partial charge in [0.1, 0.15) is 5.76 Å². The lowest BCUT2D eigenvalue weighted by Gasteiger charge is -2.18. The molecule has 0 fully saturated rings. The van der Waals surface area contributed by atoms with Gasteiger partial charge in [0.15, 0.2) is 0 Å². The molecule has 0 radical (unpaired) electrons. The number of ether oxygens (including phenoxy) is 1. The number of allylic oxidation sites excluding steroid dienone is 1. The van der Waals surface area contributed by atoms with Gasteiger partial charge in [-0.3, -0.25) is 4.79 Å². The second-order valence-corrected chi connectivity index (χ2v) is 5.90. The number of esters is 1. The molecule has 0 N–H and O–H groups in total. The van der Waals surface area contributed by atoms with Crippen molar-refractivity contribution >= 4 is 18.0 Å². The first-order valence-electron chi connectivity index (χ1n) is 7.93. The Balaban J connectivity index is 1.99. The number of furan rings is 1. The van der Waals surface area contributed by atoms with E-state index in [4.69, 9.17) is 9.15 Å². The Morgan fingerprint density at radius 1 is 1.20 bits per heavy atom. The van der Waals surface area contributed by atoms with Crippen LogP contribution in [0.2, 0.25) is 0 Å². The molecule has 25 heavy (non-hydrogen) atoms. The minimum atomic E-state index is -0.532. The zero-order chi connectivity index (χ0) is 18.0. The maximum atomic E-state index is 12.9. The van der Waals surface area contributed by atoms with Gasteiger partial charge in [0.25, 0.3) is 5.91 Å². The summed E-state index contributed by atoms with van der Waals surface area (Å²) < 4.78 is 10.2. The maximum Gasteiger partial charge on any atom is 0.340 e. The number of carbonyl (C=O) groups excluding carboxylic acids is 2. The fourth-order valence-electron chi connectivity index (χ4n) is 2.81. The zero-order valence-electron chi connectivity index (χ0n) is 14.4. The van der Waals surface area contributed by atoms with Gasteiger partial charge in [-0.05, 0) is 37.6 Å². The fourth-order valence-corrected chi connectivity index (χ4v) is 2.81. The lowest BCUT2D eigenvalue weighted by atomic mass is 10.1. The van der Waals surface area contributed by atoms with E-state index in [1.165, 1.54) is 13.4 Å². The van der Waals surface area contributed by atoms with Crippen LogP contribution in [0.4, 0.5) is 0 Å². The molecule has 128 valence electrons. The number of nitrogens with zero attached hydrogens (tertiary/aromatic N) is 1. The monoisotopic (exact) mass is 337 g/mol. The van der Waals surface area contributed by atoms with Gasteiger partial charge >= 0.3 is 5.97 Å². The molecule has 1 amide bonds. The maximum absolute atomic E-state index is 12.9. The molecule has 0 saturated heterocycles. The Labute approximate surface area is 146 Å². The number of amides is 1. The highest BCUT2D eigenvalue weighted by Gasteiger charge is 2.37. The Morgan fingerprint density at radius 3 is 2.52 bits per heavy atom. The lowest BCUT2D eigenvalue weighted by molar-refractivity contribution is -0.136. The van der Waals surface area contributed by atoms with E-state index in [2.05, 4.69) is 0 Å². The van der Waals surface area contributed by atoms with Gasteiger partial charge in [0.05, 0.1) is 31.1 Å². The van der Waals surface area contributed by atoms with Crippen LogP contribution in [-0.4, -0.2) is 23.9 Å². The van der Waals surface area contributed by atoms with Crippen molar-refractivity contribution in [3.8, 4) is 0 Å². The molecule has 1 aromatic carbocycles. The first-order chi connectivity index (χ1) is 12.0. The molecule has 0 atom stereocenters. The van der Waals surface area contributed by atoms with Crippen molar-refractivity contribution in [2.45, 2.75) is 20.4 Å². The molecule has 5 nitrogen and oxygen atoms in total. The number of methoxy groups -OCH3 is 1.